The highest BCUT2D eigenvalue weighted by Gasteiger charge is 2.20. The average molecular weight is 317 g/mol. The number of nitrogens with zero attached hydrogens (tertiary/aromatic N) is 1. The van der Waals surface area contributed by atoms with Gasteiger partial charge < -0.3 is 15.3 Å². The van der Waals surface area contributed by atoms with Gasteiger partial charge in [-0.3, -0.25) is 0 Å². The zero-order valence-corrected chi connectivity index (χ0v) is 13.5. The lowest BCUT2D eigenvalue weighted by atomic mass is 10.0. The molecule has 2 N–H and O–H groups in total. The molecule has 0 unspecified atom stereocenters. The van der Waals surface area contributed by atoms with Crippen molar-refractivity contribution in [3.63, 3.8) is 0 Å². The van der Waals surface area contributed by atoms with Crippen molar-refractivity contribution in [3.8, 4) is 5.75 Å². The third-order valence-corrected chi connectivity index (χ3v) is 4.17. The van der Waals surface area contributed by atoms with Gasteiger partial charge in [-0.25, -0.2) is 0 Å². The van der Waals surface area contributed by atoms with E-state index in [1.807, 2.05) is 0 Å². The van der Waals surface area contributed by atoms with Crippen molar-refractivity contribution >= 4 is 28.9 Å². The zero-order valence-electron chi connectivity index (χ0n) is 12.0. The maximum absolute atomic E-state index is 9.56. The third kappa shape index (κ3) is 4.18. The number of rotatable bonds is 4. The Morgan fingerprint density at radius 3 is 2.30 bits per heavy atom. The van der Waals surface area contributed by atoms with E-state index in [9.17, 15) is 5.11 Å². The van der Waals surface area contributed by atoms with E-state index in [0.717, 1.165) is 31.6 Å². The first-order valence-electron chi connectivity index (χ1n) is 7.12. The summed E-state index contributed by atoms with van der Waals surface area (Å²) in [5, 5.41) is 13.6. The molecule has 1 heterocycles. The lowest BCUT2D eigenvalue weighted by Gasteiger charge is -2.33. The van der Waals surface area contributed by atoms with Crippen LogP contribution in [0.15, 0.2) is 12.1 Å². The van der Waals surface area contributed by atoms with Crippen molar-refractivity contribution in [2.45, 2.75) is 32.7 Å². The number of aromatic hydroxyl groups is 1. The molecule has 1 aliphatic heterocycles. The largest absolute Gasteiger partial charge is 0.505 e. The summed E-state index contributed by atoms with van der Waals surface area (Å²) in [6.07, 6.45) is 2.23. The molecule has 0 aromatic heterocycles. The van der Waals surface area contributed by atoms with Gasteiger partial charge in [-0.2, -0.15) is 0 Å². The molecule has 112 valence electrons. The van der Waals surface area contributed by atoms with Gasteiger partial charge in [0.15, 0.2) is 5.75 Å². The van der Waals surface area contributed by atoms with E-state index >= 15 is 0 Å². The zero-order chi connectivity index (χ0) is 14.7. The van der Waals surface area contributed by atoms with Crippen molar-refractivity contribution in [1.29, 1.82) is 0 Å². The lowest BCUT2D eigenvalue weighted by Crippen LogP contribution is -2.40. The highest BCUT2D eigenvalue weighted by molar-refractivity contribution is 6.37. The van der Waals surface area contributed by atoms with E-state index in [1.54, 1.807) is 12.1 Å². The van der Waals surface area contributed by atoms with Crippen LogP contribution in [0.3, 0.4) is 0 Å². The third-order valence-electron chi connectivity index (χ3n) is 3.60. The summed E-state index contributed by atoms with van der Waals surface area (Å²) in [6.45, 7) is 7.92. The van der Waals surface area contributed by atoms with Gasteiger partial charge in [0.05, 0.1) is 10.0 Å². The van der Waals surface area contributed by atoms with E-state index in [1.165, 1.54) is 6.54 Å². The van der Waals surface area contributed by atoms with Crippen LogP contribution in [-0.4, -0.2) is 35.7 Å². The fraction of sp³-hybridized carbons (Fsp3) is 0.600. The molecule has 2 rings (SSSR count). The Hall–Kier alpha value is -0.640. The molecule has 0 saturated carbocycles. The number of hydrogen-bond acceptors (Lipinski definition) is 3. The van der Waals surface area contributed by atoms with Crippen LogP contribution >= 0.6 is 23.2 Å². The van der Waals surface area contributed by atoms with Crippen LogP contribution in [0.5, 0.6) is 5.75 Å². The molecule has 1 aromatic rings. The Labute approximate surface area is 130 Å². The van der Waals surface area contributed by atoms with Crippen molar-refractivity contribution < 1.29 is 5.11 Å². The normalized spacial score (nSPS) is 17.6. The highest BCUT2D eigenvalue weighted by atomic mass is 35.5. The van der Waals surface area contributed by atoms with Crippen molar-refractivity contribution in [1.82, 2.24) is 4.90 Å². The average Bonchev–Trinajstić information content (AvgIpc) is 2.37. The second-order valence-electron chi connectivity index (χ2n) is 5.90. The van der Waals surface area contributed by atoms with Crippen molar-refractivity contribution in [3.05, 3.63) is 22.2 Å². The Balaban J connectivity index is 1.89. The number of benzene rings is 1. The van der Waals surface area contributed by atoms with Crippen LogP contribution in [0, 0.1) is 5.92 Å². The van der Waals surface area contributed by atoms with Crippen molar-refractivity contribution in [2.24, 2.45) is 5.92 Å². The van der Waals surface area contributed by atoms with E-state index in [2.05, 4.69) is 24.1 Å². The van der Waals surface area contributed by atoms with Crippen LogP contribution in [-0.2, 0) is 0 Å². The van der Waals surface area contributed by atoms with Gasteiger partial charge in [0.2, 0.25) is 0 Å². The SMILES string of the molecule is CC(C)CN1CCC(Nc2cc(Cl)c(O)c(Cl)c2)CC1. The quantitative estimate of drug-likeness (QED) is 0.816. The minimum Gasteiger partial charge on any atom is -0.505 e. The summed E-state index contributed by atoms with van der Waals surface area (Å²) >= 11 is 11.9. The number of piperidine rings is 1. The molecule has 5 heteroatoms. The second kappa shape index (κ2) is 6.88. The van der Waals surface area contributed by atoms with E-state index in [4.69, 9.17) is 23.2 Å². The van der Waals surface area contributed by atoms with E-state index < -0.39 is 0 Å². The summed E-state index contributed by atoms with van der Waals surface area (Å²) in [5.74, 6) is 0.667. The molecule has 0 spiro atoms. The van der Waals surface area contributed by atoms with E-state index in [-0.39, 0.29) is 15.8 Å². The van der Waals surface area contributed by atoms with Gasteiger partial charge in [-0.1, -0.05) is 37.0 Å². The highest BCUT2D eigenvalue weighted by Crippen LogP contribution is 2.35. The van der Waals surface area contributed by atoms with Gasteiger partial charge >= 0.3 is 0 Å². The van der Waals surface area contributed by atoms with Gasteiger partial charge in [0.1, 0.15) is 0 Å². The molecule has 1 saturated heterocycles. The smallest absolute Gasteiger partial charge is 0.152 e. The standard InChI is InChI=1S/C15H22Cl2N2O/c1-10(2)9-19-5-3-11(4-6-19)18-12-7-13(16)15(20)14(17)8-12/h7-8,10-11,18,20H,3-6,9H2,1-2H3. The molecule has 1 aromatic carbocycles. The van der Waals surface area contributed by atoms with Crippen LogP contribution in [0.1, 0.15) is 26.7 Å². The molecule has 20 heavy (non-hydrogen) atoms. The molecule has 1 aliphatic rings. The van der Waals surface area contributed by atoms with Gasteiger partial charge in [-0.15, -0.1) is 0 Å². The summed E-state index contributed by atoms with van der Waals surface area (Å²) in [6, 6.07) is 3.89. The first-order valence-corrected chi connectivity index (χ1v) is 7.88. The maximum atomic E-state index is 9.56. The molecular formula is C15H22Cl2N2O. The molecule has 1 fully saturated rings. The van der Waals surface area contributed by atoms with E-state index in [0.29, 0.717) is 12.0 Å². The predicted octanol–water partition coefficient (Wildman–Crippen LogP) is 4.23. The van der Waals surface area contributed by atoms with Crippen LogP contribution in [0.2, 0.25) is 10.0 Å². The topological polar surface area (TPSA) is 35.5 Å². The lowest BCUT2D eigenvalue weighted by molar-refractivity contribution is 0.198. The molecule has 0 aliphatic carbocycles. The Morgan fingerprint density at radius 1 is 1.25 bits per heavy atom. The monoisotopic (exact) mass is 316 g/mol. The number of anilines is 1. The van der Waals surface area contributed by atoms with Gasteiger partial charge in [-0.05, 0) is 30.9 Å². The molecule has 0 radical (unpaired) electrons. The summed E-state index contributed by atoms with van der Waals surface area (Å²) in [5.41, 5.74) is 0.875. The Bertz CT molecular complexity index is 434. The Kier molecular flexibility index (Phi) is 5.42. The summed E-state index contributed by atoms with van der Waals surface area (Å²) < 4.78 is 0. The fourth-order valence-electron chi connectivity index (χ4n) is 2.66. The number of nitrogens with one attached hydrogen (secondary N) is 1. The summed E-state index contributed by atoms with van der Waals surface area (Å²) in [4.78, 5) is 2.51. The molecule has 0 bridgehead atoms. The van der Waals surface area contributed by atoms with Crippen LogP contribution in [0.25, 0.3) is 0 Å². The van der Waals surface area contributed by atoms with Crippen LogP contribution < -0.4 is 5.32 Å². The molecular weight excluding hydrogens is 295 g/mol. The minimum absolute atomic E-state index is 0.0503. The first kappa shape index (κ1) is 15.7. The predicted molar refractivity (Wildman–Crippen MR) is 86.0 cm³/mol. The number of likely N-dealkylation sites (tertiary alicyclic amines) is 1. The molecule has 3 nitrogen and oxygen atoms in total. The molecule has 0 amide bonds. The minimum atomic E-state index is -0.0503. The van der Waals surface area contributed by atoms with Crippen LogP contribution in [0.4, 0.5) is 5.69 Å². The number of phenolic OH excluding ortho intramolecular Hbond substituents is 1. The summed E-state index contributed by atoms with van der Waals surface area (Å²) in [7, 11) is 0. The Morgan fingerprint density at radius 2 is 1.80 bits per heavy atom. The number of hydrogen-bond donors (Lipinski definition) is 2. The second-order valence-corrected chi connectivity index (χ2v) is 6.72. The first-order chi connectivity index (χ1) is 9.45. The van der Waals surface area contributed by atoms with Gasteiger partial charge in [0, 0.05) is 31.4 Å². The van der Waals surface area contributed by atoms with Gasteiger partial charge in [0.25, 0.3) is 0 Å². The number of halogens is 2. The fourth-order valence-corrected chi connectivity index (χ4v) is 3.15. The number of phenols is 1. The maximum Gasteiger partial charge on any atom is 0.152 e. The van der Waals surface area contributed by atoms with Crippen molar-refractivity contribution in [2.75, 3.05) is 25.0 Å². The molecule has 0 atom stereocenters.